The van der Waals surface area contributed by atoms with E-state index in [1.807, 2.05) is 38.1 Å². The van der Waals surface area contributed by atoms with Crippen LogP contribution >= 0.6 is 0 Å². The maximum absolute atomic E-state index is 13.8. The first-order valence-electron chi connectivity index (χ1n) is 8.65. The molecule has 0 amide bonds. The van der Waals surface area contributed by atoms with Crippen LogP contribution in [0.25, 0.3) is 0 Å². The lowest BCUT2D eigenvalue weighted by Crippen LogP contribution is -2.24. The number of benzene rings is 2. The highest BCUT2D eigenvalue weighted by Crippen LogP contribution is 2.37. The molecule has 0 unspecified atom stereocenters. The Bertz CT molecular complexity index is 828. The number of carbonyl (C=O) groups is 1. The highest BCUT2D eigenvalue weighted by Gasteiger charge is 2.38. The van der Waals surface area contributed by atoms with Crippen molar-refractivity contribution in [1.82, 2.24) is 0 Å². The minimum atomic E-state index is -0.623. The molecule has 0 N–H and O–H groups in total. The van der Waals surface area contributed by atoms with Crippen molar-refractivity contribution < 1.29 is 18.7 Å². The summed E-state index contributed by atoms with van der Waals surface area (Å²) >= 11 is 0. The summed E-state index contributed by atoms with van der Waals surface area (Å²) in [5.74, 6) is -1.38. The second kappa shape index (κ2) is 6.04. The van der Waals surface area contributed by atoms with Gasteiger partial charge in [0.2, 0.25) is 0 Å². The van der Waals surface area contributed by atoms with E-state index in [0.29, 0.717) is 25.0 Å². The summed E-state index contributed by atoms with van der Waals surface area (Å²) in [4.78, 5) is 13.2. The van der Waals surface area contributed by atoms with Crippen molar-refractivity contribution in [2.45, 2.75) is 44.5 Å². The summed E-state index contributed by atoms with van der Waals surface area (Å²) in [6.45, 7) is 4.22. The second-order valence-corrected chi connectivity index (χ2v) is 7.28. The van der Waals surface area contributed by atoms with E-state index in [2.05, 4.69) is 0 Å². The van der Waals surface area contributed by atoms with Gasteiger partial charge in [-0.2, -0.15) is 0 Å². The van der Waals surface area contributed by atoms with E-state index in [1.54, 1.807) is 6.07 Å². The topological polar surface area (TPSA) is 35.5 Å². The number of hydrogen-bond donors (Lipinski definition) is 0. The first kappa shape index (κ1) is 16.4. The summed E-state index contributed by atoms with van der Waals surface area (Å²) in [5, 5.41) is 0. The van der Waals surface area contributed by atoms with E-state index < -0.39 is 5.79 Å². The summed E-state index contributed by atoms with van der Waals surface area (Å²) < 4.78 is 25.3. The van der Waals surface area contributed by atoms with Gasteiger partial charge in [-0.1, -0.05) is 30.3 Å². The fraction of sp³-hybridized carbons (Fsp3) is 0.381. The van der Waals surface area contributed by atoms with Gasteiger partial charge in [0.05, 0.1) is 18.6 Å². The summed E-state index contributed by atoms with van der Waals surface area (Å²) in [5.41, 5.74) is 3.49. The zero-order chi connectivity index (χ0) is 17.6. The third kappa shape index (κ3) is 3.12. The lowest BCUT2D eigenvalue weighted by Gasteiger charge is -2.21. The molecule has 0 saturated carbocycles. The van der Waals surface area contributed by atoms with Gasteiger partial charge in [-0.05, 0) is 55.5 Å². The average Bonchev–Trinajstić information content (AvgIpc) is 2.87. The second-order valence-electron chi connectivity index (χ2n) is 7.28. The van der Waals surface area contributed by atoms with E-state index >= 15 is 0 Å². The first-order chi connectivity index (χ1) is 11.9. The summed E-state index contributed by atoms with van der Waals surface area (Å²) in [6.07, 6.45) is 1.03. The number of ketones is 1. The summed E-state index contributed by atoms with van der Waals surface area (Å²) in [6, 6.07) is 12.5. The van der Waals surface area contributed by atoms with E-state index in [0.717, 1.165) is 16.7 Å². The van der Waals surface area contributed by atoms with Crippen molar-refractivity contribution in [2.75, 3.05) is 6.61 Å². The molecule has 1 heterocycles. The molecule has 0 spiro atoms. The zero-order valence-electron chi connectivity index (χ0n) is 14.4. The average molecular weight is 340 g/mol. The fourth-order valence-corrected chi connectivity index (χ4v) is 3.88. The molecule has 3 nitrogen and oxygen atoms in total. The number of rotatable bonds is 2. The number of ether oxygens (including phenoxy) is 2. The van der Waals surface area contributed by atoms with Crippen molar-refractivity contribution in [2.24, 2.45) is 0 Å². The van der Waals surface area contributed by atoms with Gasteiger partial charge >= 0.3 is 0 Å². The van der Waals surface area contributed by atoms with Crippen LogP contribution in [0.3, 0.4) is 0 Å². The molecule has 0 radical (unpaired) electrons. The lowest BCUT2D eigenvalue weighted by atomic mass is 9.86. The molecule has 1 aliphatic heterocycles. The Morgan fingerprint density at radius 2 is 1.96 bits per heavy atom. The maximum atomic E-state index is 13.8. The van der Waals surface area contributed by atoms with Crippen LogP contribution in [0.5, 0.6) is 0 Å². The summed E-state index contributed by atoms with van der Waals surface area (Å²) in [7, 11) is 0. The highest BCUT2D eigenvalue weighted by molar-refractivity contribution is 6.03. The monoisotopic (exact) mass is 340 g/mol. The molecule has 0 bridgehead atoms. The Labute approximate surface area is 146 Å². The third-order valence-electron chi connectivity index (χ3n) is 5.03. The van der Waals surface area contributed by atoms with Crippen LogP contribution in [-0.4, -0.2) is 24.3 Å². The quantitative estimate of drug-likeness (QED) is 0.820. The Kier molecular flexibility index (Phi) is 3.97. The Hall–Kier alpha value is -2.04. The molecular weight excluding hydrogens is 319 g/mol. The van der Waals surface area contributed by atoms with Gasteiger partial charge in [0.1, 0.15) is 5.82 Å². The van der Waals surface area contributed by atoms with E-state index in [1.165, 1.54) is 12.1 Å². The van der Waals surface area contributed by atoms with Gasteiger partial charge in [-0.3, -0.25) is 4.79 Å². The lowest BCUT2D eigenvalue weighted by molar-refractivity contribution is -0.139. The molecule has 130 valence electrons. The Morgan fingerprint density at radius 1 is 1.16 bits per heavy atom. The standard InChI is InChI=1S/C21H21FO3/c1-21(2)24-12-16(25-21)11-19-17-6-4-3-5-13(17)9-14-7-8-15(22)10-18(14)20(19)23/h3-8,10,16,19H,9,11-12H2,1-2H3/t16-,19+/m0/s1. The normalized spacial score (nSPS) is 24.5. The largest absolute Gasteiger partial charge is 0.348 e. The SMILES string of the molecule is CC1(C)OC[C@H](C[C@H]2C(=O)c3cc(F)ccc3Cc3ccccc32)O1. The molecule has 1 saturated heterocycles. The van der Waals surface area contributed by atoms with Crippen molar-refractivity contribution >= 4 is 5.78 Å². The van der Waals surface area contributed by atoms with Gasteiger partial charge in [0.25, 0.3) is 0 Å². The smallest absolute Gasteiger partial charge is 0.170 e. The number of halogens is 1. The van der Waals surface area contributed by atoms with Crippen LogP contribution in [0.2, 0.25) is 0 Å². The van der Waals surface area contributed by atoms with Crippen LogP contribution in [0.4, 0.5) is 4.39 Å². The molecule has 4 heteroatoms. The Morgan fingerprint density at radius 3 is 2.72 bits per heavy atom. The minimum absolute atomic E-state index is 0.0345. The molecular formula is C21H21FO3. The first-order valence-corrected chi connectivity index (χ1v) is 8.65. The highest BCUT2D eigenvalue weighted by atomic mass is 19.1. The van der Waals surface area contributed by atoms with Crippen molar-refractivity contribution in [1.29, 1.82) is 0 Å². The van der Waals surface area contributed by atoms with Crippen molar-refractivity contribution in [3.63, 3.8) is 0 Å². The van der Waals surface area contributed by atoms with Gasteiger partial charge < -0.3 is 9.47 Å². The van der Waals surface area contributed by atoms with E-state index in [-0.39, 0.29) is 23.6 Å². The van der Waals surface area contributed by atoms with Gasteiger partial charge in [-0.15, -0.1) is 0 Å². The van der Waals surface area contributed by atoms with Crippen LogP contribution in [0.15, 0.2) is 42.5 Å². The van der Waals surface area contributed by atoms with Crippen molar-refractivity contribution in [3.8, 4) is 0 Å². The molecule has 2 aromatic rings. The maximum Gasteiger partial charge on any atom is 0.170 e. The van der Waals surface area contributed by atoms with Crippen LogP contribution < -0.4 is 0 Å². The van der Waals surface area contributed by atoms with Crippen LogP contribution in [-0.2, 0) is 15.9 Å². The number of hydrogen-bond acceptors (Lipinski definition) is 3. The molecule has 2 aromatic carbocycles. The number of carbonyl (C=O) groups excluding carboxylic acids is 1. The van der Waals surface area contributed by atoms with Gasteiger partial charge in [-0.25, -0.2) is 4.39 Å². The van der Waals surface area contributed by atoms with Crippen LogP contribution in [0.1, 0.15) is 53.2 Å². The molecule has 25 heavy (non-hydrogen) atoms. The predicted octanol–water partition coefficient (Wildman–Crippen LogP) is 4.24. The molecule has 2 aliphatic rings. The zero-order valence-corrected chi connectivity index (χ0v) is 14.4. The number of fused-ring (bicyclic) bond motifs is 2. The molecule has 0 aromatic heterocycles. The molecule has 1 aliphatic carbocycles. The van der Waals surface area contributed by atoms with E-state index in [4.69, 9.17) is 9.47 Å². The Balaban J connectivity index is 1.74. The van der Waals surface area contributed by atoms with E-state index in [9.17, 15) is 9.18 Å². The predicted molar refractivity (Wildman–Crippen MR) is 92.2 cm³/mol. The molecule has 1 fully saturated rings. The molecule has 2 atom stereocenters. The van der Waals surface area contributed by atoms with Crippen LogP contribution in [0, 0.1) is 5.82 Å². The minimum Gasteiger partial charge on any atom is -0.348 e. The fourth-order valence-electron chi connectivity index (χ4n) is 3.88. The van der Waals surface area contributed by atoms with Crippen molar-refractivity contribution in [3.05, 3.63) is 70.5 Å². The van der Waals surface area contributed by atoms with Gasteiger partial charge in [0, 0.05) is 5.56 Å². The third-order valence-corrected chi connectivity index (χ3v) is 5.03. The number of Topliss-reactive ketones (excluding diaryl/α,β-unsaturated/α-hetero) is 1. The molecule has 4 rings (SSSR count). The van der Waals surface area contributed by atoms with Gasteiger partial charge in [0.15, 0.2) is 11.6 Å².